The van der Waals surface area contributed by atoms with Crippen LogP contribution in [0.4, 0.5) is 11.5 Å². The van der Waals surface area contributed by atoms with Crippen LogP contribution in [0.25, 0.3) is 10.9 Å². The highest BCUT2D eigenvalue weighted by Crippen LogP contribution is 2.18. The van der Waals surface area contributed by atoms with E-state index in [4.69, 9.17) is 5.73 Å². The third kappa shape index (κ3) is 2.66. The Kier molecular flexibility index (Phi) is 3.16. The van der Waals surface area contributed by atoms with E-state index >= 15 is 0 Å². The molecular weight excluding hydrogens is 250 g/mol. The summed E-state index contributed by atoms with van der Waals surface area (Å²) in [7, 11) is 0. The van der Waals surface area contributed by atoms with Crippen molar-refractivity contribution < 1.29 is 0 Å². The summed E-state index contributed by atoms with van der Waals surface area (Å²) >= 11 is 0. The first kappa shape index (κ1) is 12.3. The van der Waals surface area contributed by atoms with Crippen molar-refractivity contribution in [3.63, 3.8) is 0 Å². The molecule has 0 amide bonds. The molecule has 0 radical (unpaired) electrons. The van der Waals surface area contributed by atoms with Gasteiger partial charge in [0.25, 0.3) is 0 Å². The Balaban J connectivity index is 1.79. The van der Waals surface area contributed by atoms with Crippen molar-refractivity contribution >= 4 is 22.4 Å². The van der Waals surface area contributed by atoms with Gasteiger partial charge in [0.1, 0.15) is 11.6 Å². The highest BCUT2D eigenvalue weighted by atomic mass is 15.0. The number of hydrogen-bond donors (Lipinski definition) is 2. The van der Waals surface area contributed by atoms with E-state index in [-0.39, 0.29) is 0 Å². The van der Waals surface area contributed by atoms with Gasteiger partial charge >= 0.3 is 0 Å². The van der Waals surface area contributed by atoms with Crippen molar-refractivity contribution in [1.82, 2.24) is 15.0 Å². The van der Waals surface area contributed by atoms with Crippen LogP contribution in [0.5, 0.6) is 0 Å². The lowest BCUT2D eigenvalue weighted by atomic mass is 10.2. The first-order valence-electron chi connectivity index (χ1n) is 6.39. The molecule has 3 rings (SSSR count). The SMILES string of the molecule is Cc1nccc(CNc2ccc3cc(N)ccc3n2)n1. The Hall–Kier alpha value is -2.69. The molecule has 2 aromatic heterocycles. The van der Waals surface area contributed by atoms with Crippen LogP contribution in [0.1, 0.15) is 11.5 Å². The van der Waals surface area contributed by atoms with Crippen LogP contribution in [0.3, 0.4) is 0 Å². The van der Waals surface area contributed by atoms with Crippen LogP contribution in [-0.4, -0.2) is 15.0 Å². The molecular formula is C15H15N5. The summed E-state index contributed by atoms with van der Waals surface area (Å²) in [5.41, 5.74) is 8.36. The minimum Gasteiger partial charge on any atom is -0.399 e. The van der Waals surface area contributed by atoms with E-state index in [9.17, 15) is 0 Å². The fourth-order valence-electron chi connectivity index (χ4n) is 2.03. The van der Waals surface area contributed by atoms with Gasteiger partial charge in [-0.3, -0.25) is 0 Å². The van der Waals surface area contributed by atoms with E-state index < -0.39 is 0 Å². The molecule has 0 aliphatic heterocycles. The summed E-state index contributed by atoms with van der Waals surface area (Å²) < 4.78 is 0. The Morgan fingerprint density at radius 3 is 2.85 bits per heavy atom. The molecule has 20 heavy (non-hydrogen) atoms. The Morgan fingerprint density at radius 1 is 1.10 bits per heavy atom. The van der Waals surface area contributed by atoms with Crippen LogP contribution < -0.4 is 11.1 Å². The minimum absolute atomic E-state index is 0.622. The molecule has 0 atom stereocenters. The molecule has 0 aliphatic rings. The second-order valence-electron chi connectivity index (χ2n) is 4.60. The normalized spacial score (nSPS) is 10.7. The van der Waals surface area contributed by atoms with E-state index in [0.717, 1.165) is 33.9 Å². The number of fused-ring (bicyclic) bond motifs is 1. The van der Waals surface area contributed by atoms with Crippen LogP contribution in [-0.2, 0) is 6.54 Å². The topological polar surface area (TPSA) is 76.7 Å². The third-order valence-electron chi connectivity index (χ3n) is 3.00. The van der Waals surface area contributed by atoms with E-state index in [1.165, 1.54) is 0 Å². The number of benzene rings is 1. The number of nitrogen functional groups attached to an aromatic ring is 1. The zero-order valence-electron chi connectivity index (χ0n) is 11.2. The third-order valence-corrected chi connectivity index (χ3v) is 3.00. The maximum Gasteiger partial charge on any atom is 0.126 e. The molecule has 5 nitrogen and oxygen atoms in total. The molecule has 0 saturated heterocycles. The number of aromatic nitrogens is 3. The molecule has 0 saturated carbocycles. The average Bonchev–Trinajstić information content (AvgIpc) is 2.45. The smallest absolute Gasteiger partial charge is 0.126 e. The summed E-state index contributed by atoms with van der Waals surface area (Å²) in [5.74, 6) is 1.59. The van der Waals surface area contributed by atoms with Crippen molar-refractivity contribution in [3.8, 4) is 0 Å². The lowest BCUT2D eigenvalue weighted by Gasteiger charge is -2.07. The fraction of sp³-hybridized carbons (Fsp3) is 0.133. The van der Waals surface area contributed by atoms with Crippen LogP contribution in [0, 0.1) is 6.92 Å². The molecule has 5 heteroatoms. The van der Waals surface area contributed by atoms with Gasteiger partial charge in [-0.15, -0.1) is 0 Å². The lowest BCUT2D eigenvalue weighted by Crippen LogP contribution is -2.04. The van der Waals surface area contributed by atoms with E-state index in [0.29, 0.717) is 6.54 Å². The van der Waals surface area contributed by atoms with Gasteiger partial charge < -0.3 is 11.1 Å². The van der Waals surface area contributed by atoms with E-state index in [1.54, 1.807) is 6.20 Å². The summed E-state index contributed by atoms with van der Waals surface area (Å²) in [5, 5.41) is 4.30. The fourth-order valence-corrected chi connectivity index (χ4v) is 2.03. The van der Waals surface area contributed by atoms with Gasteiger partial charge in [0.05, 0.1) is 17.8 Å². The van der Waals surface area contributed by atoms with Crippen LogP contribution in [0.15, 0.2) is 42.6 Å². The number of hydrogen-bond acceptors (Lipinski definition) is 5. The molecule has 0 aliphatic carbocycles. The predicted octanol–water partition coefficient (Wildman–Crippen LogP) is 2.53. The number of rotatable bonds is 3. The average molecular weight is 265 g/mol. The van der Waals surface area contributed by atoms with E-state index in [2.05, 4.69) is 20.3 Å². The highest BCUT2D eigenvalue weighted by Gasteiger charge is 2.00. The molecule has 0 spiro atoms. The number of pyridine rings is 1. The number of nitrogens with zero attached hydrogens (tertiary/aromatic N) is 3. The first-order valence-corrected chi connectivity index (χ1v) is 6.39. The standard InChI is InChI=1S/C15H15N5/c1-10-17-7-6-13(19-10)9-18-15-5-2-11-8-12(16)3-4-14(11)20-15/h2-8H,9,16H2,1H3,(H,18,20). The Labute approximate surface area is 116 Å². The first-order chi connectivity index (χ1) is 9.70. The van der Waals surface area contributed by atoms with Crippen molar-refractivity contribution in [3.05, 3.63) is 54.1 Å². The zero-order chi connectivity index (χ0) is 13.9. The largest absolute Gasteiger partial charge is 0.399 e. The Morgan fingerprint density at radius 2 is 2.00 bits per heavy atom. The van der Waals surface area contributed by atoms with Crippen molar-refractivity contribution in [2.45, 2.75) is 13.5 Å². The molecule has 0 bridgehead atoms. The quantitative estimate of drug-likeness (QED) is 0.712. The molecule has 100 valence electrons. The maximum absolute atomic E-state index is 5.75. The monoisotopic (exact) mass is 265 g/mol. The summed E-state index contributed by atoms with van der Waals surface area (Å²) in [6, 6.07) is 11.5. The Bertz CT molecular complexity index is 754. The minimum atomic E-state index is 0.622. The van der Waals surface area contributed by atoms with Crippen molar-refractivity contribution in [2.24, 2.45) is 0 Å². The second-order valence-corrected chi connectivity index (χ2v) is 4.60. The maximum atomic E-state index is 5.75. The van der Waals surface area contributed by atoms with Crippen molar-refractivity contribution in [1.29, 1.82) is 0 Å². The van der Waals surface area contributed by atoms with Gasteiger partial charge in [-0.1, -0.05) is 0 Å². The second kappa shape index (κ2) is 5.13. The molecule has 0 fully saturated rings. The van der Waals surface area contributed by atoms with Crippen LogP contribution >= 0.6 is 0 Å². The zero-order valence-corrected chi connectivity index (χ0v) is 11.2. The molecule has 3 aromatic rings. The lowest BCUT2D eigenvalue weighted by molar-refractivity contribution is 0.951. The molecule has 2 heterocycles. The van der Waals surface area contributed by atoms with Gasteiger partial charge in [0.2, 0.25) is 0 Å². The molecule has 3 N–H and O–H groups in total. The molecule has 1 aromatic carbocycles. The van der Waals surface area contributed by atoms with Gasteiger partial charge in [-0.05, 0) is 43.3 Å². The molecule has 0 unspecified atom stereocenters. The summed E-state index contributed by atoms with van der Waals surface area (Å²) in [6.07, 6.45) is 1.76. The number of nitrogens with two attached hydrogens (primary N) is 1. The van der Waals surface area contributed by atoms with Gasteiger partial charge in [0.15, 0.2) is 0 Å². The van der Waals surface area contributed by atoms with Crippen LogP contribution in [0.2, 0.25) is 0 Å². The van der Waals surface area contributed by atoms with Gasteiger partial charge in [-0.2, -0.15) is 0 Å². The van der Waals surface area contributed by atoms with E-state index in [1.807, 2.05) is 43.3 Å². The van der Waals surface area contributed by atoms with Gasteiger partial charge in [-0.25, -0.2) is 15.0 Å². The number of aryl methyl sites for hydroxylation is 1. The summed E-state index contributed by atoms with van der Waals surface area (Å²) in [4.78, 5) is 13.0. The number of anilines is 2. The van der Waals surface area contributed by atoms with Gasteiger partial charge in [0, 0.05) is 17.3 Å². The number of nitrogens with one attached hydrogen (secondary N) is 1. The predicted molar refractivity (Wildman–Crippen MR) is 80.3 cm³/mol. The van der Waals surface area contributed by atoms with Crippen molar-refractivity contribution in [2.75, 3.05) is 11.1 Å². The highest BCUT2D eigenvalue weighted by molar-refractivity contribution is 5.83. The summed E-state index contributed by atoms with van der Waals surface area (Å²) in [6.45, 7) is 2.50.